The average molecular weight is 383 g/mol. The van der Waals surface area contributed by atoms with E-state index in [9.17, 15) is 9.59 Å². The number of carbonyl (C=O) groups is 2. The number of nitrogens with one attached hydrogen (secondary N) is 1. The zero-order valence-corrected chi connectivity index (χ0v) is 16.3. The molecule has 1 saturated heterocycles. The first-order valence-electron chi connectivity index (χ1n) is 9.69. The monoisotopic (exact) mass is 383 g/mol. The molecule has 4 rings (SSSR count). The highest BCUT2D eigenvalue weighted by Crippen LogP contribution is 2.28. The molecular weight excluding hydrogens is 358 g/mol. The lowest BCUT2D eigenvalue weighted by Crippen LogP contribution is -2.32. The van der Waals surface area contributed by atoms with Crippen LogP contribution in [0.1, 0.15) is 41.5 Å². The molecule has 2 aliphatic heterocycles. The van der Waals surface area contributed by atoms with Gasteiger partial charge in [-0.15, -0.1) is 0 Å². The Morgan fingerprint density at radius 2 is 1.82 bits per heavy atom. The molecule has 0 spiro atoms. The lowest BCUT2D eigenvalue weighted by atomic mass is 10.2. The summed E-state index contributed by atoms with van der Waals surface area (Å²) < 4.78 is 7.14. The summed E-state index contributed by atoms with van der Waals surface area (Å²) in [6.45, 7) is 4.93. The Labute approximate surface area is 164 Å². The van der Waals surface area contributed by atoms with Gasteiger partial charge in [0, 0.05) is 31.4 Å². The third kappa shape index (κ3) is 3.42. The van der Waals surface area contributed by atoms with E-state index in [0.29, 0.717) is 31.1 Å². The van der Waals surface area contributed by atoms with E-state index in [1.54, 1.807) is 9.58 Å². The average Bonchev–Trinajstić information content (AvgIpc) is 3.41. The van der Waals surface area contributed by atoms with Crippen molar-refractivity contribution in [3.63, 3.8) is 0 Å². The number of ether oxygens (including phenoxy) is 1. The number of aromatic nitrogens is 2. The fraction of sp³-hybridized carbons (Fsp3) is 0.450. The molecule has 2 aromatic rings. The van der Waals surface area contributed by atoms with E-state index in [4.69, 9.17) is 4.74 Å². The Morgan fingerprint density at radius 1 is 1.11 bits per heavy atom. The molecule has 0 unspecified atom stereocenters. The topological polar surface area (TPSA) is 79.7 Å². The molecule has 2 aliphatic rings. The fourth-order valence-corrected chi connectivity index (χ4v) is 3.78. The molecule has 0 saturated carbocycles. The van der Waals surface area contributed by atoms with E-state index in [0.717, 1.165) is 42.9 Å². The van der Waals surface area contributed by atoms with Gasteiger partial charge in [-0.3, -0.25) is 9.48 Å². The lowest BCUT2D eigenvalue weighted by Gasteiger charge is -2.18. The zero-order chi connectivity index (χ0) is 19.7. The number of aryl methyl sites for hydroxylation is 1. The van der Waals surface area contributed by atoms with Gasteiger partial charge in [0.15, 0.2) is 5.69 Å². The van der Waals surface area contributed by atoms with E-state index in [1.807, 2.05) is 43.1 Å². The molecule has 0 atom stereocenters. The van der Waals surface area contributed by atoms with E-state index in [2.05, 4.69) is 10.4 Å². The second kappa shape index (κ2) is 7.53. The number of likely N-dealkylation sites (tertiary alicyclic amines) is 1. The number of anilines is 1. The third-order valence-electron chi connectivity index (χ3n) is 5.26. The van der Waals surface area contributed by atoms with Crippen LogP contribution in [0.25, 0.3) is 0 Å². The van der Waals surface area contributed by atoms with Crippen LogP contribution in [-0.4, -0.2) is 51.2 Å². The fourth-order valence-electron chi connectivity index (χ4n) is 3.78. The smallest absolute Gasteiger partial charge is 0.322 e. The number of nitrogens with zero attached hydrogens (tertiary/aromatic N) is 4. The summed E-state index contributed by atoms with van der Waals surface area (Å²) in [5.74, 6) is 0.744. The summed E-state index contributed by atoms with van der Waals surface area (Å²) in [7, 11) is 1.83. The van der Waals surface area contributed by atoms with Crippen molar-refractivity contribution in [3.8, 4) is 5.75 Å². The van der Waals surface area contributed by atoms with Crippen molar-refractivity contribution in [1.29, 1.82) is 0 Å². The van der Waals surface area contributed by atoms with Crippen LogP contribution in [0.3, 0.4) is 0 Å². The van der Waals surface area contributed by atoms with Crippen molar-refractivity contribution in [2.45, 2.75) is 32.9 Å². The van der Waals surface area contributed by atoms with E-state index in [1.165, 1.54) is 0 Å². The normalized spacial score (nSPS) is 15.6. The van der Waals surface area contributed by atoms with Crippen LogP contribution in [0, 0.1) is 0 Å². The first-order valence-corrected chi connectivity index (χ1v) is 9.69. The number of hydrogen-bond donors (Lipinski definition) is 1. The van der Waals surface area contributed by atoms with Crippen LogP contribution in [0.4, 0.5) is 10.5 Å². The molecule has 3 amide bonds. The van der Waals surface area contributed by atoms with Gasteiger partial charge >= 0.3 is 6.03 Å². The Kier molecular flexibility index (Phi) is 4.93. The minimum atomic E-state index is -0.195. The zero-order valence-electron chi connectivity index (χ0n) is 16.3. The van der Waals surface area contributed by atoms with Crippen LogP contribution in [0.2, 0.25) is 0 Å². The van der Waals surface area contributed by atoms with Crippen molar-refractivity contribution in [2.24, 2.45) is 7.05 Å². The Bertz CT molecular complexity index is 884. The summed E-state index contributed by atoms with van der Waals surface area (Å²) in [6, 6.07) is 7.09. The second-order valence-corrected chi connectivity index (χ2v) is 7.14. The first-order chi connectivity index (χ1) is 13.6. The van der Waals surface area contributed by atoms with E-state index >= 15 is 0 Å². The molecule has 1 N–H and O–H groups in total. The van der Waals surface area contributed by atoms with Gasteiger partial charge in [-0.1, -0.05) is 0 Å². The lowest BCUT2D eigenvalue weighted by molar-refractivity contribution is 0.0784. The summed E-state index contributed by atoms with van der Waals surface area (Å²) in [6.07, 6.45) is 2.08. The van der Waals surface area contributed by atoms with Crippen LogP contribution >= 0.6 is 0 Å². The van der Waals surface area contributed by atoms with E-state index < -0.39 is 0 Å². The van der Waals surface area contributed by atoms with Crippen LogP contribution in [0.5, 0.6) is 5.75 Å². The van der Waals surface area contributed by atoms with Gasteiger partial charge in [0.05, 0.1) is 25.4 Å². The number of fused-ring (bicyclic) bond motifs is 1. The van der Waals surface area contributed by atoms with Gasteiger partial charge < -0.3 is 19.9 Å². The number of carbonyl (C=O) groups excluding carboxylic acids is 2. The Balaban J connectivity index is 1.45. The molecular formula is C20H25N5O3. The van der Waals surface area contributed by atoms with Crippen LogP contribution < -0.4 is 10.1 Å². The van der Waals surface area contributed by atoms with Crippen molar-refractivity contribution in [2.75, 3.05) is 25.0 Å². The van der Waals surface area contributed by atoms with Gasteiger partial charge in [-0.2, -0.15) is 5.10 Å². The standard InChI is InChI=1S/C20H25N5O3/c1-3-28-15-8-6-14(7-9-15)21-20(27)25-12-16-17(13-25)23(2)22-18(16)19(26)24-10-4-5-11-24/h6-9H,3-5,10-13H2,1-2H3,(H,21,27). The molecule has 0 aliphatic carbocycles. The largest absolute Gasteiger partial charge is 0.494 e. The molecule has 1 aromatic heterocycles. The maximum Gasteiger partial charge on any atom is 0.322 e. The Morgan fingerprint density at radius 3 is 2.50 bits per heavy atom. The molecule has 8 heteroatoms. The minimum absolute atomic E-state index is 0.0249. The summed E-state index contributed by atoms with van der Waals surface area (Å²) >= 11 is 0. The van der Waals surface area contributed by atoms with Gasteiger partial charge in [0.25, 0.3) is 5.91 Å². The molecule has 0 radical (unpaired) electrons. The third-order valence-corrected chi connectivity index (χ3v) is 5.26. The number of rotatable bonds is 4. The van der Waals surface area contributed by atoms with E-state index in [-0.39, 0.29) is 11.9 Å². The summed E-state index contributed by atoms with van der Waals surface area (Å²) in [5.41, 5.74) is 2.97. The maximum absolute atomic E-state index is 12.8. The van der Waals surface area contributed by atoms with Gasteiger partial charge in [0.2, 0.25) is 0 Å². The molecule has 3 heterocycles. The quantitative estimate of drug-likeness (QED) is 0.880. The molecule has 148 valence electrons. The summed E-state index contributed by atoms with van der Waals surface area (Å²) in [4.78, 5) is 29.0. The summed E-state index contributed by atoms with van der Waals surface area (Å²) in [5, 5.41) is 7.34. The second-order valence-electron chi connectivity index (χ2n) is 7.14. The highest BCUT2D eigenvalue weighted by molar-refractivity contribution is 5.95. The molecule has 1 fully saturated rings. The highest BCUT2D eigenvalue weighted by Gasteiger charge is 2.34. The highest BCUT2D eigenvalue weighted by atomic mass is 16.5. The number of amides is 3. The molecule has 0 bridgehead atoms. The first kappa shape index (κ1) is 18.3. The van der Waals surface area contributed by atoms with Gasteiger partial charge in [-0.05, 0) is 44.0 Å². The predicted octanol–water partition coefficient (Wildman–Crippen LogP) is 2.60. The number of urea groups is 1. The minimum Gasteiger partial charge on any atom is -0.494 e. The van der Waals surface area contributed by atoms with Crippen molar-refractivity contribution >= 4 is 17.6 Å². The predicted molar refractivity (Wildman–Crippen MR) is 104 cm³/mol. The maximum atomic E-state index is 12.8. The van der Waals surface area contributed by atoms with Crippen molar-refractivity contribution in [3.05, 3.63) is 41.2 Å². The molecule has 8 nitrogen and oxygen atoms in total. The number of benzene rings is 1. The molecule has 1 aromatic carbocycles. The Hall–Kier alpha value is -3.03. The SMILES string of the molecule is CCOc1ccc(NC(=O)N2Cc3c(C(=O)N4CCCC4)nn(C)c3C2)cc1. The van der Waals surface area contributed by atoms with Crippen LogP contribution in [-0.2, 0) is 20.1 Å². The van der Waals surface area contributed by atoms with Gasteiger partial charge in [0.1, 0.15) is 5.75 Å². The number of hydrogen-bond acceptors (Lipinski definition) is 4. The van der Waals surface area contributed by atoms with Gasteiger partial charge in [-0.25, -0.2) is 4.79 Å². The van der Waals surface area contributed by atoms with Crippen LogP contribution in [0.15, 0.2) is 24.3 Å². The molecule has 28 heavy (non-hydrogen) atoms. The van der Waals surface area contributed by atoms with Crippen molar-refractivity contribution in [1.82, 2.24) is 19.6 Å². The van der Waals surface area contributed by atoms with Crippen molar-refractivity contribution < 1.29 is 14.3 Å².